The van der Waals surface area contributed by atoms with Crippen molar-refractivity contribution in [3.8, 4) is 17.6 Å². The van der Waals surface area contributed by atoms with Gasteiger partial charge < -0.3 is 10.5 Å². The minimum absolute atomic E-state index is 0.0958. The third-order valence-corrected chi connectivity index (χ3v) is 2.49. The second-order valence-electron chi connectivity index (χ2n) is 3.99. The molecule has 0 aliphatic rings. The average Bonchev–Trinajstić information content (AvgIpc) is 2.35. The van der Waals surface area contributed by atoms with E-state index in [0.717, 1.165) is 22.1 Å². The second-order valence-corrected chi connectivity index (χ2v) is 3.99. The molecule has 2 rings (SSSR count). The first kappa shape index (κ1) is 11.5. The molecular weight excluding hydrogens is 210 g/mol. The molecule has 2 aromatic rings. The quantitative estimate of drug-likeness (QED) is 0.757. The van der Waals surface area contributed by atoms with Gasteiger partial charge in [0, 0.05) is 5.56 Å². The summed E-state index contributed by atoms with van der Waals surface area (Å²) in [6, 6.07) is 12.0. The maximum Gasteiger partial charge on any atom is 0.119 e. The van der Waals surface area contributed by atoms with Gasteiger partial charge in [-0.15, -0.1) is 0 Å². The molecule has 0 aromatic heterocycles. The van der Waals surface area contributed by atoms with Crippen LogP contribution in [-0.4, -0.2) is 13.2 Å². The number of fused-ring (bicyclic) bond motifs is 1. The third kappa shape index (κ3) is 2.77. The number of nitrogens with two attached hydrogens (primary N) is 1. The summed E-state index contributed by atoms with van der Waals surface area (Å²) >= 11 is 0. The van der Waals surface area contributed by atoms with E-state index in [2.05, 4.69) is 17.9 Å². The highest BCUT2D eigenvalue weighted by Gasteiger charge is 1.97. The van der Waals surface area contributed by atoms with E-state index in [1.807, 2.05) is 37.3 Å². The van der Waals surface area contributed by atoms with Crippen molar-refractivity contribution < 1.29 is 4.74 Å². The Morgan fingerprint density at radius 3 is 2.53 bits per heavy atom. The standard InChI is InChI=1S/C15H15NO/c1-11(16)3-4-12-5-6-14-10-15(17-2)8-7-13(14)9-12/h5-11H,16H2,1-2H3. The Balaban J connectivity index is 2.42. The monoisotopic (exact) mass is 225 g/mol. The van der Waals surface area contributed by atoms with Crippen molar-refractivity contribution >= 4 is 10.8 Å². The molecule has 0 aliphatic heterocycles. The number of methoxy groups -OCH3 is 1. The van der Waals surface area contributed by atoms with Crippen LogP contribution in [0.4, 0.5) is 0 Å². The zero-order chi connectivity index (χ0) is 12.3. The van der Waals surface area contributed by atoms with Crippen LogP contribution in [0, 0.1) is 11.8 Å². The summed E-state index contributed by atoms with van der Waals surface area (Å²) in [6.45, 7) is 1.87. The molecule has 86 valence electrons. The summed E-state index contributed by atoms with van der Waals surface area (Å²) in [5.41, 5.74) is 6.59. The number of ether oxygens (including phenoxy) is 1. The van der Waals surface area contributed by atoms with Gasteiger partial charge >= 0.3 is 0 Å². The Labute approximate surface area is 101 Å². The lowest BCUT2D eigenvalue weighted by Crippen LogP contribution is -2.10. The van der Waals surface area contributed by atoms with E-state index in [9.17, 15) is 0 Å². The van der Waals surface area contributed by atoms with Gasteiger partial charge in [-0.25, -0.2) is 0 Å². The van der Waals surface area contributed by atoms with Crippen LogP contribution >= 0.6 is 0 Å². The predicted molar refractivity (Wildman–Crippen MR) is 71.0 cm³/mol. The fourth-order valence-electron chi connectivity index (χ4n) is 1.63. The molecule has 2 N–H and O–H groups in total. The van der Waals surface area contributed by atoms with Gasteiger partial charge in [-0.05, 0) is 42.0 Å². The second kappa shape index (κ2) is 4.90. The summed E-state index contributed by atoms with van der Waals surface area (Å²) in [5.74, 6) is 6.88. The first-order valence-electron chi connectivity index (χ1n) is 5.54. The van der Waals surface area contributed by atoms with E-state index >= 15 is 0 Å². The smallest absolute Gasteiger partial charge is 0.119 e. The zero-order valence-corrected chi connectivity index (χ0v) is 10.0. The van der Waals surface area contributed by atoms with E-state index in [0.29, 0.717) is 0 Å². The topological polar surface area (TPSA) is 35.2 Å². The summed E-state index contributed by atoms with van der Waals surface area (Å²) in [7, 11) is 1.67. The van der Waals surface area contributed by atoms with E-state index in [-0.39, 0.29) is 6.04 Å². The van der Waals surface area contributed by atoms with E-state index in [1.54, 1.807) is 7.11 Å². The molecule has 1 unspecified atom stereocenters. The minimum Gasteiger partial charge on any atom is -0.497 e. The SMILES string of the molecule is COc1ccc2cc(C#CC(C)N)ccc2c1. The molecule has 0 fully saturated rings. The molecule has 2 nitrogen and oxygen atoms in total. The van der Waals surface area contributed by atoms with Crippen molar-refractivity contribution in [3.05, 3.63) is 42.0 Å². The highest BCUT2D eigenvalue weighted by Crippen LogP contribution is 2.21. The largest absolute Gasteiger partial charge is 0.497 e. The predicted octanol–water partition coefficient (Wildman–Crippen LogP) is 2.55. The highest BCUT2D eigenvalue weighted by molar-refractivity contribution is 5.85. The molecule has 0 amide bonds. The molecule has 2 aromatic carbocycles. The molecule has 0 aliphatic carbocycles. The first-order chi connectivity index (χ1) is 8.19. The van der Waals surface area contributed by atoms with Crippen molar-refractivity contribution in [2.75, 3.05) is 7.11 Å². The van der Waals surface area contributed by atoms with Gasteiger partial charge in [0.2, 0.25) is 0 Å². The van der Waals surface area contributed by atoms with Gasteiger partial charge in [0.1, 0.15) is 5.75 Å². The van der Waals surface area contributed by atoms with Crippen LogP contribution in [0.3, 0.4) is 0 Å². The molecule has 0 heterocycles. The highest BCUT2D eigenvalue weighted by atomic mass is 16.5. The van der Waals surface area contributed by atoms with E-state index in [1.165, 1.54) is 0 Å². The summed E-state index contributed by atoms with van der Waals surface area (Å²) in [6.07, 6.45) is 0. The van der Waals surface area contributed by atoms with Gasteiger partial charge in [0.15, 0.2) is 0 Å². The van der Waals surface area contributed by atoms with Crippen molar-refractivity contribution in [3.63, 3.8) is 0 Å². The Morgan fingerprint density at radius 1 is 1.12 bits per heavy atom. The maximum atomic E-state index is 5.60. The Bertz CT molecular complexity index is 591. The lowest BCUT2D eigenvalue weighted by Gasteiger charge is -2.02. The number of rotatable bonds is 1. The average molecular weight is 225 g/mol. The van der Waals surface area contributed by atoms with Gasteiger partial charge in [0.25, 0.3) is 0 Å². The molecule has 1 atom stereocenters. The van der Waals surface area contributed by atoms with Crippen LogP contribution in [0.15, 0.2) is 36.4 Å². The van der Waals surface area contributed by atoms with Crippen LogP contribution < -0.4 is 10.5 Å². The lowest BCUT2D eigenvalue weighted by molar-refractivity contribution is 0.415. The Morgan fingerprint density at radius 2 is 1.82 bits per heavy atom. The fraction of sp³-hybridized carbons (Fsp3) is 0.200. The number of hydrogen-bond acceptors (Lipinski definition) is 2. The molecule has 0 spiro atoms. The van der Waals surface area contributed by atoms with Gasteiger partial charge in [-0.3, -0.25) is 0 Å². The molecule has 0 radical (unpaired) electrons. The zero-order valence-electron chi connectivity index (χ0n) is 10.0. The van der Waals surface area contributed by atoms with Crippen molar-refractivity contribution in [2.24, 2.45) is 5.73 Å². The summed E-state index contributed by atoms with van der Waals surface area (Å²) in [5, 5.41) is 2.30. The lowest BCUT2D eigenvalue weighted by atomic mass is 10.1. The van der Waals surface area contributed by atoms with Gasteiger partial charge in [-0.2, -0.15) is 0 Å². The maximum absolute atomic E-state index is 5.60. The van der Waals surface area contributed by atoms with Crippen LogP contribution in [0.5, 0.6) is 5.75 Å². The van der Waals surface area contributed by atoms with Crippen molar-refractivity contribution in [1.29, 1.82) is 0 Å². The molecular formula is C15H15NO. The van der Waals surface area contributed by atoms with Gasteiger partial charge in [0.05, 0.1) is 13.2 Å². The van der Waals surface area contributed by atoms with Crippen LogP contribution in [0.2, 0.25) is 0 Å². The summed E-state index contributed by atoms with van der Waals surface area (Å²) < 4.78 is 5.19. The first-order valence-corrected chi connectivity index (χ1v) is 5.54. The molecule has 2 heteroatoms. The number of benzene rings is 2. The van der Waals surface area contributed by atoms with Gasteiger partial charge in [-0.1, -0.05) is 24.0 Å². The van der Waals surface area contributed by atoms with Crippen molar-refractivity contribution in [1.82, 2.24) is 0 Å². The van der Waals surface area contributed by atoms with Crippen LogP contribution in [-0.2, 0) is 0 Å². The van der Waals surface area contributed by atoms with Crippen LogP contribution in [0.25, 0.3) is 10.8 Å². The fourth-order valence-corrected chi connectivity index (χ4v) is 1.63. The summed E-state index contributed by atoms with van der Waals surface area (Å²) in [4.78, 5) is 0. The third-order valence-electron chi connectivity index (χ3n) is 2.49. The van der Waals surface area contributed by atoms with Crippen LogP contribution in [0.1, 0.15) is 12.5 Å². The number of hydrogen-bond donors (Lipinski definition) is 1. The molecule has 0 bridgehead atoms. The Kier molecular flexibility index (Phi) is 3.32. The Hall–Kier alpha value is -1.98. The minimum atomic E-state index is -0.0958. The van der Waals surface area contributed by atoms with Crippen molar-refractivity contribution in [2.45, 2.75) is 13.0 Å². The normalized spacial score (nSPS) is 11.7. The molecule has 0 saturated heterocycles. The van der Waals surface area contributed by atoms with E-state index in [4.69, 9.17) is 10.5 Å². The van der Waals surface area contributed by atoms with E-state index < -0.39 is 0 Å². The molecule has 0 saturated carbocycles. The molecule has 17 heavy (non-hydrogen) atoms.